The molecule has 102 valence electrons. The molecule has 1 rings (SSSR count). The van der Waals surface area contributed by atoms with Gasteiger partial charge in [-0.2, -0.15) is 0 Å². The van der Waals surface area contributed by atoms with E-state index in [1.807, 2.05) is 0 Å². The van der Waals surface area contributed by atoms with Crippen LogP contribution < -0.4 is 0 Å². The van der Waals surface area contributed by atoms with Crippen molar-refractivity contribution in [1.82, 2.24) is 0 Å². The van der Waals surface area contributed by atoms with E-state index in [9.17, 15) is 35.1 Å². The lowest BCUT2D eigenvalue weighted by molar-refractivity contribution is 0.0718. The zero-order valence-corrected chi connectivity index (χ0v) is 8.76. The maximum atomic E-state index is 13.2. The summed E-state index contributed by atoms with van der Waals surface area (Å²) in [6.07, 6.45) is -6.10. The molecule has 2 unspecified atom stereocenters. The summed E-state index contributed by atoms with van der Waals surface area (Å²) in [4.78, 5) is 0. The van der Waals surface area contributed by atoms with Crippen LogP contribution in [0, 0.1) is 29.1 Å². The number of rotatable bonds is 3. The Hall–Kier alpha value is -1.34. The average Bonchev–Trinajstić information content (AvgIpc) is 2.28. The van der Waals surface area contributed by atoms with E-state index < -0.39 is 53.2 Å². The molecule has 18 heavy (non-hydrogen) atoms. The van der Waals surface area contributed by atoms with Gasteiger partial charge in [-0.1, -0.05) is 0 Å². The van der Waals surface area contributed by atoms with Gasteiger partial charge in [-0.25, -0.2) is 35.1 Å². The molecule has 0 fully saturated rings. The van der Waals surface area contributed by atoms with Crippen LogP contribution in [0.3, 0.4) is 0 Å². The van der Waals surface area contributed by atoms with Gasteiger partial charge in [0.2, 0.25) is 12.2 Å². The van der Waals surface area contributed by atoms with E-state index in [-0.39, 0.29) is 0 Å². The highest BCUT2D eigenvalue weighted by atomic mass is 19.3. The lowest BCUT2D eigenvalue weighted by atomic mass is 9.94. The summed E-state index contributed by atoms with van der Waals surface area (Å²) in [5.74, 6) is -14.9. The number of benzene rings is 1. The van der Waals surface area contributed by atoms with E-state index in [1.165, 1.54) is 0 Å². The van der Waals surface area contributed by atoms with Crippen molar-refractivity contribution >= 4 is 0 Å². The SMILES string of the molecule is CC(F)C(c1c(F)c(F)c(F)c(F)c1F)C(F)F. The molecule has 0 saturated heterocycles. The highest BCUT2D eigenvalue weighted by Crippen LogP contribution is 2.35. The summed E-state index contributed by atoms with van der Waals surface area (Å²) >= 11 is 0. The standard InChI is InChI=1S/C10H6F8/c1-2(11)3(10(17)18)4-5(12)7(14)9(16)8(15)6(4)13/h2-3,10H,1H3. The first-order valence-corrected chi connectivity index (χ1v) is 4.63. The summed E-state index contributed by atoms with van der Waals surface area (Å²) in [5, 5.41) is 0. The molecule has 0 aliphatic carbocycles. The highest BCUT2D eigenvalue weighted by Gasteiger charge is 2.38. The van der Waals surface area contributed by atoms with E-state index in [1.54, 1.807) is 0 Å². The molecule has 0 heterocycles. The first-order chi connectivity index (χ1) is 8.20. The molecule has 1 aromatic carbocycles. The molecule has 0 spiro atoms. The molecule has 0 aliphatic heterocycles. The second kappa shape index (κ2) is 5.11. The Balaban J connectivity index is 3.58. The Morgan fingerprint density at radius 3 is 1.28 bits per heavy atom. The molecule has 0 N–H and O–H groups in total. The predicted octanol–water partition coefficient (Wildman–Crippen LogP) is 4.09. The van der Waals surface area contributed by atoms with Crippen molar-refractivity contribution in [2.24, 2.45) is 0 Å². The molecule has 2 atom stereocenters. The number of alkyl halides is 3. The van der Waals surface area contributed by atoms with Crippen LogP contribution in [0.25, 0.3) is 0 Å². The van der Waals surface area contributed by atoms with Crippen LogP contribution in [0.2, 0.25) is 0 Å². The first-order valence-electron chi connectivity index (χ1n) is 4.63. The monoisotopic (exact) mass is 278 g/mol. The van der Waals surface area contributed by atoms with Crippen molar-refractivity contribution in [3.8, 4) is 0 Å². The normalized spacial score (nSPS) is 15.0. The second-order valence-corrected chi connectivity index (χ2v) is 3.52. The maximum Gasteiger partial charge on any atom is 0.248 e. The summed E-state index contributed by atoms with van der Waals surface area (Å²) in [7, 11) is 0. The molecule has 0 saturated carbocycles. The Morgan fingerprint density at radius 1 is 0.667 bits per heavy atom. The Bertz CT molecular complexity index is 417. The van der Waals surface area contributed by atoms with Gasteiger partial charge in [0.1, 0.15) is 6.17 Å². The van der Waals surface area contributed by atoms with E-state index in [0.717, 1.165) is 0 Å². The first kappa shape index (κ1) is 14.7. The summed E-state index contributed by atoms with van der Waals surface area (Å²) in [6, 6.07) is 0. The van der Waals surface area contributed by atoms with Gasteiger partial charge in [0, 0.05) is 5.56 Å². The van der Waals surface area contributed by atoms with Crippen molar-refractivity contribution in [2.45, 2.75) is 25.4 Å². The minimum Gasteiger partial charge on any atom is -0.247 e. The number of halogens is 8. The van der Waals surface area contributed by atoms with Gasteiger partial charge in [-0.05, 0) is 6.92 Å². The minimum atomic E-state index is -3.61. The van der Waals surface area contributed by atoms with E-state index >= 15 is 0 Å². The van der Waals surface area contributed by atoms with E-state index in [0.29, 0.717) is 6.92 Å². The highest BCUT2D eigenvalue weighted by molar-refractivity contribution is 5.28. The summed E-state index contributed by atoms with van der Waals surface area (Å²) < 4.78 is 102. The quantitative estimate of drug-likeness (QED) is 0.444. The van der Waals surface area contributed by atoms with Crippen LogP contribution in [0.1, 0.15) is 18.4 Å². The smallest absolute Gasteiger partial charge is 0.247 e. The molecule has 0 bridgehead atoms. The molecule has 0 aliphatic rings. The van der Waals surface area contributed by atoms with Gasteiger partial charge in [0.15, 0.2) is 23.3 Å². The Kier molecular flexibility index (Phi) is 4.18. The largest absolute Gasteiger partial charge is 0.248 e. The molecule has 0 nitrogen and oxygen atoms in total. The summed E-state index contributed by atoms with van der Waals surface area (Å²) in [6.45, 7) is 0.537. The molecular weight excluding hydrogens is 272 g/mol. The molecule has 0 aromatic heterocycles. The summed E-state index contributed by atoms with van der Waals surface area (Å²) in [5.41, 5.74) is -1.84. The van der Waals surface area contributed by atoms with Crippen LogP contribution in [0.5, 0.6) is 0 Å². The van der Waals surface area contributed by atoms with Gasteiger partial charge in [0.25, 0.3) is 0 Å². The molecule has 8 heteroatoms. The Labute approximate surface area is 96.2 Å². The zero-order chi connectivity index (χ0) is 14.2. The predicted molar refractivity (Wildman–Crippen MR) is 45.5 cm³/mol. The van der Waals surface area contributed by atoms with Crippen molar-refractivity contribution in [1.29, 1.82) is 0 Å². The maximum absolute atomic E-state index is 13.2. The third-order valence-corrected chi connectivity index (χ3v) is 2.34. The zero-order valence-electron chi connectivity index (χ0n) is 8.76. The van der Waals surface area contributed by atoms with Gasteiger partial charge >= 0.3 is 0 Å². The van der Waals surface area contributed by atoms with Crippen LogP contribution in [-0.4, -0.2) is 12.6 Å². The fraction of sp³-hybridized carbons (Fsp3) is 0.400. The average molecular weight is 278 g/mol. The number of hydrogen-bond acceptors (Lipinski definition) is 0. The van der Waals surface area contributed by atoms with Crippen LogP contribution in [0.4, 0.5) is 35.1 Å². The third-order valence-electron chi connectivity index (χ3n) is 2.34. The minimum absolute atomic E-state index is 0.537. The van der Waals surface area contributed by atoms with Gasteiger partial charge < -0.3 is 0 Å². The lowest BCUT2D eigenvalue weighted by Crippen LogP contribution is -2.23. The fourth-order valence-corrected chi connectivity index (χ4v) is 1.47. The van der Waals surface area contributed by atoms with Gasteiger partial charge in [-0.3, -0.25) is 0 Å². The lowest BCUT2D eigenvalue weighted by Gasteiger charge is -2.19. The van der Waals surface area contributed by atoms with Crippen LogP contribution in [-0.2, 0) is 0 Å². The molecular formula is C10H6F8. The van der Waals surface area contributed by atoms with Gasteiger partial charge in [-0.15, -0.1) is 0 Å². The van der Waals surface area contributed by atoms with E-state index in [4.69, 9.17) is 0 Å². The van der Waals surface area contributed by atoms with Crippen molar-refractivity contribution < 1.29 is 35.1 Å². The van der Waals surface area contributed by atoms with Crippen molar-refractivity contribution in [3.05, 3.63) is 34.6 Å². The second-order valence-electron chi connectivity index (χ2n) is 3.52. The van der Waals surface area contributed by atoms with E-state index in [2.05, 4.69) is 0 Å². The molecule has 0 amide bonds. The number of hydrogen-bond donors (Lipinski definition) is 0. The third kappa shape index (κ3) is 2.28. The topological polar surface area (TPSA) is 0 Å². The Morgan fingerprint density at radius 2 is 1.00 bits per heavy atom. The fourth-order valence-electron chi connectivity index (χ4n) is 1.47. The van der Waals surface area contributed by atoms with Crippen LogP contribution in [0.15, 0.2) is 0 Å². The van der Waals surface area contributed by atoms with Crippen molar-refractivity contribution in [2.75, 3.05) is 0 Å². The molecule has 0 radical (unpaired) electrons. The van der Waals surface area contributed by atoms with Gasteiger partial charge in [0.05, 0.1) is 5.92 Å². The van der Waals surface area contributed by atoms with Crippen LogP contribution >= 0.6 is 0 Å². The van der Waals surface area contributed by atoms with Crippen molar-refractivity contribution in [3.63, 3.8) is 0 Å². The molecule has 1 aromatic rings.